The Morgan fingerprint density at radius 3 is 1.27 bits per heavy atom. The number of fused-ring (bicyclic) bond motifs is 4. The molecule has 4 heteroatoms. The smallest absolute Gasteiger partial charge is 0.164 e. The first-order valence-corrected chi connectivity index (χ1v) is 19.9. The van der Waals surface area contributed by atoms with Crippen LogP contribution < -0.4 is 0 Å². The topological polar surface area (TPSA) is 51.8 Å². The molecule has 11 rings (SSSR count). The second kappa shape index (κ2) is 14.5. The van der Waals surface area contributed by atoms with E-state index in [0.717, 1.165) is 77.4 Å². The van der Waals surface area contributed by atoms with Crippen molar-refractivity contribution in [3.05, 3.63) is 212 Å². The molecule has 0 amide bonds. The maximum absolute atomic E-state index is 6.83. The number of rotatable bonds is 7. The highest BCUT2D eigenvalue weighted by Crippen LogP contribution is 2.44. The molecule has 276 valence electrons. The summed E-state index contributed by atoms with van der Waals surface area (Å²) in [5, 5.41) is 4.32. The van der Waals surface area contributed by atoms with E-state index in [9.17, 15) is 0 Å². The van der Waals surface area contributed by atoms with Gasteiger partial charge in [0.25, 0.3) is 0 Å². The van der Waals surface area contributed by atoms with E-state index in [4.69, 9.17) is 19.4 Å². The van der Waals surface area contributed by atoms with Crippen LogP contribution in [-0.4, -0.2) is 15.0 Å². The van der Waals surface area contributed by atoms with Crippen LogP contribution in [0.15, 0.2) is 217 Å². The molecule has 0 bridgehead atoms. The van der Waals surface area contributed by atoms with Crippen molar-refractivity contribution >= 4 is 32.7 Å². The van der Waals surface area contributed by atoms with Gasteiger partial charge in [-0.2, -0.15) is 0 Å². The minimum atomic E-state index is 0.580. The number of hydrogen-bond acceptors (Lipinski definition) is 4. The number of benzene rings is 9. The third kappa shape index (κ3) is 6.24. The summed E-state index contributed by atoms with van der Waals surface area (Å²) in [6, 6.07) is 73.9. The van der Waals surface area contributed by atoms with E-state index in [2.05, 4.69) is 188 Å². The largest absolute Gasteiger partial charge is 0.455 e. The van der Waals surface area contributed by atoms with Crippen LogP contribution in [0.5, 0.6) is 0 Å². The van der Waals surface area contributed by atoms with Gasteiger partial charge >= 0.3 is 0 Å². The molecule has 0 unspecified atom stereocenters. The molecule has 0 radical (unpaired) electrons. The molecule has 11 aromatic rings. The standard InChI is InChI=1S/C55H35N3O/c1-4-14-36(15-5-1)38-26-30-41(31-27-38)53-56-54(42-32-28-39(29-33-42)37-16-6-2-7-17-37)58-55(57-53)49-35-34-47(52-51(49)48-20-10-11-25-50(48)59-52)46-24-13-22-44-43(21-12-23-45(44)46)40-18-8-3-9-19-40/h1-35H. The van der Waals surface area contributed by atoms with Crippen molar-refractivity contribution in [2.75, 3.05) is 0 Å². The van der Waals surface area contributed by atoms with Gasteiger partial charge in [-0.25, -0.2) is 15.0 Å². The van der Waals surface area contributed by atoms with Crippen molar-refractivity contribution in [1.82, 2.24) is 15.0 Å². The number of nitrogens with zero attached hydrogens (tertiary/aromatic N) is 3. The molecular weight excluding hydrogens is 719 g/mol. The summed E-state index contributed by atoms with van der Waals surface area (Å²) in [4.78, 5) is 15.6. The van der Waals surface area contributed by atoms with Crippen molar-refractivity contribution in [3.63, 3.8) is 0 Å². The fourth-order valence-electron chi connectivity index (χ4n) is 8.28. The molecule has 0 aliphatic rings. The minimum absolute atomic E-state index is 0.580. The van der Waals surface area contributed by atoms with Crippen LogP contribution in [0.4, 0.5) is 0 Å². The third-order valence-corrected chi connectivity index (χ3v) is 11.2. The lowest BCUT2D eigenvalue weighted by molar-refractivity contribution is 0.670. The molecule has 2 aromatic heterocycles. The summed E-state index contributed by atoms with van der Waals surface area (Å²) in [5.74, 6) is 1.78. The Labute approximate surface area is 341 Å². The van der Waals surface area contributed by atoms with Crippen LogP contribution in [0.1, 0.15) is 0 Å². The lowest BCUT2D eigenvalue weighted by Gasteiger charge is -2.13. The monoisotopic (exact) mass is 753 g/mol. The van der Waals surface area contributed by atoms with Gasteiger partial charge in [0, 0.05) is 33.0 Å². The molecule has 0 N–H and O–H groups in total. The van der Waals surface area contributed by atoms with Crippen LogP contribution in [0.25, 0.3) is 111 Å². The van der Waals surface area contributed by atoms with E-state index in [1.165, 1.54) is 16.5 Å². The van der Waals surface area contributed by atoms with Gasteiger partial charge < -0.3 is 4.42 Å². The summed E-state index contributed by atoms with van der Waals surface area (Å²) in [5.41, 5.74) is 13.4. The highest BCUT2D eigenvalue weighted by molar-refractivity contribution is 6.18. The Balaban J connectivity index is 1.11. The third-order valence-electron chi connectivity index (χ3n) is 11.2. The molecule has 9 aromatic carbocycles. The van der Waals surface area contributed by atoms with Crippen LogP contribution in [-0.2, 0) is 0 Å². The summed E-state index contributed by atoms with van der Waals surface area (Å²) < 4.78 is 6.83. The van der Waals surface area contributed by atoms with Crippen LogP contribution in [0.3, 0.4) is 0 Å². The molecule has 0 saturated carbocycles. The van der Waals surface area contributed by atoms with E-state index in [1.807, 2.05) is 24.3 Å². The summed E-state index contributed by atoms with van der Waals surface area (Å²) >= 11 is 0. The predicted molar refractivity (Wildman–Crippen MR) is 243 cm³/mol. The van der Waals surface area contributed by atoms with Crippen LogP contribution in [0, 0.1) is 0 Å². The van der Waals surface area contributed by atoms with Crippen molar-refractivity contribution in [1.29, 1.82) is 0 Å². The Bertz CT molecular complexity index is 3180. The first-order valence-electron chi connectivity index (χ1n) is 19.9. The van der Waals surface area contributed by atoms with Gasteiger partial charge in [-0.05, 0) is 67.9 Å². The second-order valence-electron chi connectivity index (χ2n) is 14.7. The van der Waals surface area contributed by atoms with Crippen molar-refractivity contribution in [2.24, 2.45) is 0 Å². The zero-order valence-electron chi connectivity index (χ0n) is 32.0. The minimum Gasteiger partial charge on any atom is -0.455 e. The molecule has 0 spiro atoms. The van der Waals surface area contributed by atoms with Crippen LogP contribution in [0.2, 0.25) is 0 Å². The summed E-state index contributed by atoms with van der Waals surface area (Å²) in [7, 11) is 0. The fraction of sp³-hybridized carbons (Fsp3) is 0. The van der Waals surface area contributed by atoms with E-state index in [-0.39, 0.29) is 0 Å². The molecular formula is C55H35N3O. The first-order chi connectivity index (χ1) is 29.2. The zero-order valence-corrected chi connectivity index (χ0v) is 32.0. The maximum Gasteiger partial charge on any atom is 0.164 e. The van der Waals surface area contributed by atoms with Gasteiger partial charge in [0.15, 0.2) is 17.5 Å². The summed E-state index contributed by atoms with van der Waals surface area (Å²) in [6.07, 6.45) is 0. The van der Waals surface area contributed by atoms with Gasteiger partial charge in [-0.1, -0.05) is 194 Å². The average Bonchev–Trinajstić information content (AvgIpc) is 3.72. The average molecular weight is 754 g/mol. The number of furan rings is 1. The molecule has 2 heterocycles. The van der Waals surface area contributed by atoms with E-state index < -0.39 is 0 Å². The molecule has 0 saturated heterocycles. The van der Waals surface area contributed by atoms with Crippen LogP contribution >= 0.6 is 0 Å². The van der Waals surface area contributed by atoms with Gasteiger partial charge in [0.2, 0.25) is 0 Å². The molecule has 0 atom stereocenters. The Morgan fingerprint density at radius 2 is 0.678 bits per heavy atom. The quantitative estimate of drug-likeness (QED) is 0.163. The van der Waals surface area contributed by atoms with E-state index in [0.29, 0.717) is 17.5 Å². The van der Waals surface area contributed by atoms with Crippen molar-refractivity contribution < 1.29 is 4.42 Å². The van der Waals surface area contributed by atoms with E-state index in [1.54, 1.807) is 0 Å². The Morgan fingerprint density at radius 1 is 0.254 bits per heavy atom. The first kappa shape index (κ1) is 34.3. The molecule has 0 aliphatic heterocycles. The molecule has 4 nitrogen and oxygen atoms in total. The number of hydrogen-bond donors (Lipinski definition) is 0. The summed E-state index contributed by atoms with van der Waals surface area (Å²) in [6.45, 7) is 0. The maximum atomic E-state index is 6.83. The molecule has 0 aliphatic carbocycles. The van der Waals surface area contributed by atoms with Crippen molar-refractivity contribution in [3.8, 4) is 78.7 Å². The van der Waals surface area contributed by atoms with Crippen molar-refractivity contribution in [2.45, 2.75) is 0 Å². The molecule has 0 fully saturated rings. The number of para-hydroxylation sites is 1. The zero-order chi connectivity index (χ0) is 39.1. The fourth-order valence-corrected chi connectivity index (χ4v) is 8.28. The van der Waals surface area contributed by atoms with Gasteiger partial charge in [0.05, 0.1) is 0 Å². The van der Waals surface area contributed by atoms with E-state index >= 15 is 0 Å². The SMILES string of the molecule is c1ccc(-c2ccc(-c3nc(-c4ccc(-c5ccccc5)cc4)nc(-c4ccc(-c5cccc6c(-c7ccccc7)cccc56)c5oc6ccccc6c45)n3)cc2)cc1. The van der Waals surface area contributed by atoms with Gasteiger partial charge in [-0.15, -0.1) is 0 Å². The van der Waals surface area contributed by atoms with Gasteiger partial charge in [0.1, 0.15) is 11.2 Å². The highest BCUT2D eigenvalue weighted by Gasteiger charge is 2.22. The second-order valence-corrected chi connectivity index (χ2v) is 14.7. The molecule has 59 heavy (non-hydrogen) atoms. The lowest BCUT2D eigenvalue weighted by Crippen LogP contribution is -2.00. The lowest BCUT2D eigenvalue weighted by atomic mass is 9.91. The normalized spacial score (nSPS) is 11.4. The highest BCUT2D eigenvalue weighted by atomic mass is 16.3. The predicted octanol–water partition coefficient (Wildman–Crippen LogP) is 14.6. The Kier molecular flexibility index (Phi) is 8.45. The Hall–Kier alpha value is -7.95. The van der Waals surface area contributed by atoms with Gasteiger partial charge in [-0.3, -0.25) is 0 Å². The number of aromatic nitrogens is 3.